The van der Waals surface area contributed by atoms with Crippen LogP contribution in [0.1, 0.15) is 82.1 Å². The molecule has 1 aliphatic rings. The summed E-state index contributed by atoms with van der Waals surface area (Å²) in [6, 6.07) is 0. The van der Waals surface area contributed by atoms with Crippen molar-refractivity contribution in [2.24, 2.45) is 0 Å². The molecule has 0 bridgehead atoms. The lowest BCUT2D eigenvalue weighted by Gasteiger charge is -2.54. The largest absolute Gasteiger partial charge is 0.408 e. The second-order valence-corrected chi connectivity index (χ2v) is 30.3. The molecule has 1 rings (SSSR count). The van der Waals surface area contributed by atoms with Crippen LogP contribution in [-0.4, -0.2) is 78.4 Å². The van der Waals surface area contributed by atoms with Crippen LogP contribution in [0.15, 0.2) is 12.2 Å². The van der Waals surface area contributed by atoms with Crippen LogP contribution in [0.2, 0.25) is 54.4 Å². The summed E-state index contributed by atoms with van der Waals surface area (Å²) in [6.07, 6.45) is 2.02. The zero-order valence-electron chi connectivity index (χ0n) is 28.3. The molecule has 1 saturated heterocycles. The van der Waals surface area contributed by atoms with Crippen LogP contribution in [0.4, 0.5) is 0 Å². The third-order valence-electron chi connectivity index (χ3n) is 9.76. The molecule has 1 aliphatic heterocycles. The number of rotatable bonds is 11. The molecule has 0 aromatic heterocycles. The van der Waals surface area contributed by atoms with Crippen molar-refractivity contribution in [3.05, 3.63) is 12.2 Å². The highest BCUT2D eigenvalue weighted by molar-refractivity contribution is 6.75. The standard InChI is InChI=1S/C30H64O6Si3/c1-17-19-23(34-37(11,12)28(2,3)4)25-27(36-39(15,16)30(8,9)10)26(35-38(13,14)29(5,6)7)24(32)22(33-25)20-18-21-31/h17,19,22-27,31-32H,18,20-21H2,1-16H3/b19-17+/t22?,23?,24-,25-,26?,27?/m0/s1. The molecule has 0 spiro atoms. The lowest BCUT2D eigenvalue weighted by Crippen LogP contribution is -2.67. The molecule has 232 valence electrons. The smallest absolute Gasteiger partial charge is 0.193 e. The fraction of sp³-hybridized carbons (Fsp3) is 0.933. The minimum absolute atomic E-state index is 0.0180. The number of allylic oxidation sites excluding steroid dienone is 1. The first-order chi connectivity index (χ1) is 17.3. The maximum atomic E-state index is 11.8. The monoisotopic (exact) mass is 604 g/mol. The Balaban J connectivity index is 3.81. The highest BCUT2D eigenvalue weighted by Crippen LogP contribution is 2.45. The van der Waals surface area contributed by atoms with Gasteiger partial charge >= 0.3 is 0 Å². The lowest BCUT2D eigenvalue weighted by atomic mass is 9.90. The number of aliphatic hydroxyl groups is 2. The van der Waals surface area contributed by atoms with E-state index in [0.29, 0.717) is 12.8 Å². The average molecular weight is 605 g/mol. The topological polar surface area (TPSA) is 77.4 Å². The van der Waals surface area contributed by atoms with Crippen LogP contribution >= 0.6 is 0 Å². The van der Waals surface area contributed by atoms with E-state index in [-0.39, 0.29) is 27.8 Å². The predicted octanol–water partition coefficient (Wildman–Crippen LogP) is 7.63. The van der Waals surface area contributed by atoms with Gasteiger partial charge in [-0.3, -0.25) is 0 Å². The van der Waals surface area contributed by atoms with Crippen LogP contribution in [0.3, 0.4) is 0 Å². The third-order valence-corrected chi connectivity index (χ3v) is 23.2. The highest BCUT2D eigenvalue weighted by atomic mass is 28.4. The highest BCUT2D eigenvalue weighted by Gasteiger charge is 2.55. The molecule has 4 unspecified atom stereocenters. The van der Waals surface area contributed by atoms with E-state index in [1.807, 2.05) is 13.0 Å². The van der Waals surface area contributed by atoms with E-state index in [1.165, 1.54) is 0 Å². The van der Waals surface area contributed by atoms with Crippen molar-refractivity contribution in [3.8, 4) is 0 Å². The summed E-state index contributed by atoms with van der Waals surface area (Å²) >= 11 is 0. The molecule has 0 saturated carbocycles. The molecule has 0 aliphatic carbocycles. The minimum atomic E-state index is -2.30. The predicted molar refractivity (Wildman–Crippen MR) is 172 cm³/mol. The first kappa shape index (κ1) is 37.2. The Bertz CT molecular complexity index is 792. The van der Waals surface area contributed by atoms with E-state index in [4.69, 9.17) is 18.0 Å². The van der Waals surface area contributed by atoms with E-state index in [2.05, 4.69) is 108 Å². The van der Waals surface area contributed by atoms with Crippen molar-refractivity contribution in [2.75, 3.05) is 6.61 Å². The van der Waals surface area contributed by atoms with Gasteiger partial charge in [0.15, 0.2) is 25.0 Å². The quantitative estimate of drug-likeness (QED) is 0.186. The van der Waals surface area contributed by atoms with Gasteiger partial charge in [-0.05, 0) is 74.2 Å². The molecule has 2 N–H and O–H groups in total. The Labute approximate surface area is 244 Å². The summed E-state index contributed by atoms with van der Waals surface area (Å²) in [5.41, 5.74) is 0. The Morgan fingerprint density at radius 2 is 1.21 bits per heavy atom. The van der Waals surface area contributed by atoms with Crippen molar-refractivity contribution in [2.45, 2.75) is 173 Å². The SMILES string of the molecule is C/C=C/C(O[Si](C)(C)C(C)(C)C)[C@@H]1OC(CCCO)[C@H](O)C(O[Si](C)(C)C(C)(C)C)C1O[Si](C)(C)C(C)(C)C. The van der Waals surface area contributed by atoms with Gasteiger partial charge in [0.1, 0.15) is 24.4 Å². The fourth-order valence-corrected chi connectivity index (χ4v) is 7.83. The van der Waals surface area contributed by atoms with Crippen molar-refractivity contribution in [1.29, 1.82) is 0 Å². The molecule has 1 fully saturated rings. The zero-order chi connectivity index (χ0) is 30.8. The molecule has 39 heavy (non-hydrogen) atoms. The summed E-state index contributed by atoms with van der Waals surface area (Å²) in [5.74, 6) is 0. The number of aliphatic hydroxyl groups excluding tert-OH is 2. The van der Waals surface area contributed by atoms with Gasteiger partial charge in [0.2, 0.25) is 0 Å². The van der Waals surface area contributed by atoms with Crippen LogP contribution in [0.25, 0.3) is 0 Å². The molecule has 0 aromatic carbocycles. The van der Waals surface area contributed by atoms with Crippen molar-refractivity contribution in [3.63, 3.8) is 0 Å². The Morgan fingerprint density at radius 1 is 0.769 bits per heavy atom. The molecular weight excluding hydrogens is 541 g/mol. The zero-order valence-corrected chi connectivity index (χ0v) is 31.3. The fourth-order valence-electron chi connectivity index (χ4n) is 3.98. The number of hydrogen-bond acceptors (Lipinski definition) is 6. The Morgan fingerprint density at radius 3 is 1.59 bits per heavy atom. The van der Waals surface area contributed by atoms with Gasteiger partial charge in [-0.15, -0.1) is 0 Å². The summed E-state index contributed by atoms with van der Waals surface area (Å²) < 4.78 is 28.1. The third kappa shape index (κ3) is 9.32. The average Bonchev–Trinajstić information content (AvgIpc) is 2.72. The molecule has 9 heteroatoms. The van der Waals surface area contributed by atoms with Crippen molar-refractivity contribution < 1.29 is 28.2 Å². The minimum Gasteiger partial charge on any atom is -0.408 e. The van der Waals surface area contributed by atoms with Crippen LogP contribution < -0.4 is 0 Å². The molecule has 6 nitrogen and oxygen atoms in total. The van der Waals surface area contributed by atoms with E-state index in [1.54, 1.807) is 0 Å². The second-order valence-electron chi connectivity index (χ2n) is 16.0. The maximum absolute atomic E-state index is 11.8. The van der Waals surface area contributed by atoms with Gasteiger partial charge in [0, 0.05) is 6.61 Å². The van der Waals surface area contributed by atoms with Gasteiger partial charge in [-0.1, -0.05) is 74.5 Å². The molecule has 0 amide bonds. The van der Waals surface area contributed by atoms with Crippen molar-refractivity contribution >= 4 is 25.0 Å². The van der Waals surface area contributed by atoms with E-state index in [9.17, 15) is 10.2 Å². The summed E-state index contributed by atoms with van der Waals surface area (Å²) in [7, 11) is -6.79. The first-order valence-electron chi connectivity index (χ1n) is 14.9. The van der Waals surface area contributed by atoms with Gasteiger partial charge in [0.25, 0.3) is 0 Å². The first-order valence-corrected chi connectivity index (χ1v) is 23.7. The van der Waals surface area contributed by atoms with E-state index in [0.717, 1.165) is 0 Å². The van der Waals surface area contributed by atoms with Gasteiger partial charge in [0.05, 0.1) is 12.2 Å². The second kappa shape index (κ2) is 13.2. The molecule has 0 radical (unpaired) electrons. The molecular formula is C30H64O6Si3. The number of hydrogen-bond donors (Lipinski definition) is 2. The van der Waals surface area contributed by atoms with Gasteiger partial charge in [-0.2, -0.15) is 0 Å². The molecule has 6 atom stereocenters. The summed E-state index contributed by atoms with van der Waals surface area (Å²) in [5, 5.41) is 21.4. The molecule has 0 aromatic rings. The number of ether oxygens (including phenoxy) is 1. The Kier molecular flexibility index (Phi) is 12.6. The molecule has 1 heterocycles. The Hall–Kier alpha value is 0.151. The van der Waals surface area contributed by atoms with Crippen LogP contribution in [0, 0.1) is 0 Å². The lowest BCUT2D eigenvalue weighted by molar-refractivity contribution is -0.230. The van der Waals surface area contributed by atoms with Crippen LogP contribution in [-0.2, 0) is 18.0 Å². The van der Waals surface area contributed by atoms with Crippen molar-refractivity contribution in [1.82, 2.24) is 0 Å². The van der Waals surface area contributed by atoms with Crippen LogP contribution in [0.5, 0.6) is 0 Å². The maximum Gasteiger partial charge on any atom is 0.193 e. The van der Waals surface area contributed by atoms with E-state index >= 15 is 0 Å². The normalized spacial score (nSPS) is 27.3. The summed E-state index contributed by atoms with van der Waals surface area (Å²) in [4.78, 5) is 0. The van der Waals surface area contributed by atoms with E-state index < -0.39 is 55.5 Å². The van der Waals surface area contributed by atoms with Gasteiger partial charge < -0.3 is 28.2 Å². The van der Waals surface area contributed by atoms with Gasteiger partial charge in [-0.25, -0.2) is 0 Å². The summed E-state index contributed by atoms with van der Waals surface area (Å²) in [6.45, 7) is 35.6.